The van der Waals surface area contributed by atoms with Crippen molar-refractivity contribution in [3.63, 3.8) is 0 Å². The zero-order valence-electron chi connectivity index (χ0n) is 14.9. The summed E-state index contributed by atoms with van der Waals surface area (Å²) in [6, 6.07) is 19.9. The number of hydrogen-bond donors (Lipinski definition) is 2. The van der Waals surface area contributed by atoms with Crippen molar-refractivity contribution >= 4 is 33.8 Å². The molecule has 140 valence electrons. The quantitative estimate of drug-likeness (QED) is 0.576. The number of amides is 2. The van der Waals surface area contributed by atoms with Gasteiger partial charge in [0.1, 0.15) is 5.70 Å². The molecule has 2 N–H and O–H groups in total. The second kappa shape index (κ2) is 9.62. The normalized spacial score (nSPS) is 11.0. The van der Waals surface area contributed by atoms with Crippen molar-refractivity contribution in [3.8, 4) is 0 Å². The van der Waals surface area contributed by atoms with Gasteiger partial charge in [0.25, 0.3) is 11.8 Å². The molecule has 0 aliphatic carbocycles. The second-order valence-corrected chi connectivity index (χ2v) is 6.89. The molecule has 0 atom stereocenters. The van der Waals surface area contributed by atoms with E-state index in [1.807, 2.05) is 36.4 Å². The Morgan fingerprint density at radius 1 is 0.964 bits per heavy atom. The first-order valence-electron chi connectivity index (χ1n) is 8.62. The summed E-state index contributed by atoms with van der Waals surface area (Å²) >= 11 is 3.39. The monoisotopic (exact) mass is 435 g/mol. The van der Waals surface area contributed by atoms with Gasteiger partial charge in [0.05, 0.1) is 0 Å². The Labute approximate surface area is 171 Å². The van der Waals surface area contributed by atoms with Crippen LogP contribution in [0.5, 0.6) is 0 Å². The van der Waals surface area contributed by atoms with Gasteiger partial charge >= 0.3 is 0 Å². The zero-order valence-corrected chi connectivity index (χ0v) is 16.5. The number of rotatable bonds is 6. The first-order chi connectivity index (χ1) is 13.6. The molecule has 3 aromatic rings. The molecular formula is C22H18BrN3O2. The van der Waals surface area contributed by atoms with Crippen LogP contribution in [0.3, 0.4) is 0 Å². The predicted molar refractivity (Wildman–Crippen MR) is 112 cm³/mol. The van der Waals surface area contributed by atoms with Crippen molar-refractivity contribution in [2.24, 2.45) is 0 Å². The Hall–Kier alpha value is -3.25. The molecule has 1 aromatic heterocycles. The maximum Gasteiger partial charge on any atom is 0.268 e. The third kappa shape index (κ3) is 5.62. The third-order valence-electron chi connectivity index (χ3n) is 3.89. The van der Waals surface area contributed by atoms with Gasteiger partial charge < -0.3 is 10.6 Å². The van der Waals surface area contributed by atoms with Crippen LogP contribution < -0.4 is 10.6 Å². The topological polar surface area (TPSA) is 71.1 Å². The highest BCUT2D eigenvalue weighted by atomic mass is 79.9. The van der Waals surface area contributed by atoms with Gasteiger partial charge in [-0.3, -0.25) is 14.6 Å². The molecule has 2 aromatic carbocycles. The molecule has 0 aliphatic heterocycles. The summed E-state index contributed by atoms with van der Waals surface area (Å²) in [5.41, 5.74) is 2.31. The molecule has 3 rings (SSSR count). The fourth-order valence-corrected chi connectivity index (χ4v) is 2.71. The summed E-state index contributed by atoms with van der Waals surface area (Å²) in [6.45, 7) is 0.311. The fraction of sp³-hybridized carbons (Fsp3) is 0.0455. The summed E-state index contributed by atoms with van der Waals surface area (Å²) in [5, 5.41) is 5.53. The molecule has 0 fully saturated rings. The Morgan fingerprint density at radius 2 is 1.71 bits per heavy atom. The zero-order chi connectivity index (χ0) is 19.8. The molecular weight excluding hydrogens is 418 g/mol. The van der Waals surface area contributed by atoms with Crippen LogP contribution in [0.4, 0.5) is 0 Å². The average Bonchev–Trinajstić information content (AvgIpc) is 2.74. The molecule has 6 heteroatoms. The van der Waals surface area contributed by atoms with Crippen LogP contribution in [0, 0.1) is 0 Å². The van der Waals surface area contributed by atoms with Crippen LogP contribution in [0.25, 0.3) is 6.08 Å². The molecule has 5 nitrogen and oxygen atoms in total. The van der Waals surface area contributed by atoms with Crippen LogP contribution in [0.2, 0.25) is 0 Å². The van der Waals surface area contributed by atoms with Crippen LogP contribution in [-0.2, 0) is 11.3 Å². The highest BCUT2D eigenvalue weighted by molar-refractivity contribution is 9.10. The van der Waals surface area contributed by atoms with Crippen LogP contribution in [0.15, 0.2) is 89.3 Å². The lowest BCUT2D eigenvalue weighted by Gasteiger charge is -2.11. The predicted octanol–water partition coefficient (Wildman–Crippen LogP) is 3.93. The van der Waals surface area contributed by atoms with Gasteiger partial charge in [0, 0.05) is 29.0 Å². The van der Waals surface area contributed by atoms with E-state index in [1.165, 1.54) is 0 Å². The van der Waals surface area contributed by atoms with E-state index in [4.69, 9.17) is 0 Å². The van der Waals surface area contributed by atoms with E-state index in [0.717, 1.165) is 15.6 Å². The minimum Gasteiger partial charge on any atom is -0.347 e. The maximum atomic E-state index is 12.7. The average molecular weight is 436 g/mol. The summed E-state index contributed by atoms with van der Waals surface area (Å²) in [4.78, 5) is 29.3. The molecule has 0 aliphatic rings. The number of aromatic nitrogens is 1. The highest BCUT2D eigenvalue weighted by Gasteiger charge is 2.14. The van der Waals surface area contributed by atoms with Gasteiger partial charge in [-0.25, -0.2) is 0 Å². The van der Waals surface area contributed by atoms with Gasteiger partial charge in [-0.1, -0.05) is 52.3 Å². The summed E-state index contributed by atoms with van der Waals surface area (Å²) in [5.74, 6) is -0.725. The van der Waals surface area contributed by atoms with E-state index < -0.39 is 0 Å². The lowest BCUT2D eigenvalue weighted by atomic mass is 10.1. The van der Waals surface area contributed by atoms with Crippen molar-refractivity contribution in [1.82, 2.24) is 15.6 Å². The van der Waals surface area contributed by atoms with Crippen molar-refractivity contribution in [2.45, 2.75) is 6.54 Å². The molecule has 0 saturated carbocycles. The standard InChI is InChI=1S/C22H18BrN3O2/c23-19-10-8-16(9-11-19)13-20(26-21(27)18-6-2-1-3-7-18)22(28)25-15-17-5-4-12-24-14-17/h1-14H,15H2,(H,25,28)(H,26,27). The van der Waals surface area contributed by atoms with Gasteiger partial charge in [-0.15, -0.1) is 0 Å². The van der Waals surface area contributed by atoms with Crippen molar-refractivity contribution in [1.29, 1.82) is 0 Å². The number of pyridine rings is 1. The Kier molecular flexibility index (Phi) is 6.70. The number of nitrogens with zero attached hydrogens (tertiary/aromatic N) is 1. The summed E-state index contributed by atoms with van der Waals surface area (Å²) < 4.78 is 0.931. The van der Waals surface area contributed by atoms with E-state index >= 15 is 0 Å². The first-order valence-corrected chi connectivity index (χ1v) is 9.42. The molecule has 0 spiro atoms. The molecule has 0 radical (unpaired) electrons. The number of carbonyl (C=O) groups excluding carboxylic acids is 2. The Bertz CT molecular complexity index is 972. The number of hydrogen-bond acceptors (Lipinski definition) is 3. The Morgan fingerprint density at radius 3 is 2.39 bits per heavy atom. The first kappa shape index (κ1) is 19.5. The van der Waals surface area contributed by atoms with Gasteiger partial charge in [0.2, 0.25) is 0 Å². The van der Waals surface area contributed by atoms with Crippen molar-refractivity contribution in [2.75, 3.05) is 0 Å². The fourth-order valence-electron chi connectivity index (χ4n) is 2.45. The van der Waals surface area contributed by atoms with Crippen molar-refractivity contribution in [3.05, 3.63) is 106 Å². The molecule has 0 saturated heterocycles. The number of halogens is 1. The second-order valence-electron chi connectivity index (χ2n) is 5.97. The Balaban J connectivity index is 1.80. The van der Waals surface area contributed by atoms with Gasteiger partial charge in [0.15, 0.2) is 0 Å². The smallest absolute Gasteiger partial charge is 0.268 e. The van der Waals surface area contributed by atoms with Gasteiger partial charge in [-0.2, -0.15) is 0 Å². The van der Waals surface area contributed by atoms with Crippen LogP contribution in [-0.4, -0.2) is 16.8 Å². The van der Waals surface area contributed by atoms with E-state index in [1.54, 1.807) is 48.8 Å². The number of nitrogens with one attached hydrogen (secondary N) is 2. The lowest BCUT2D eigenvalue weighted by Crippen LogP contribution is -2.34. The van der Waals surface area contributed by atoms with E-state index in [0.29, 0.717) is 12.1 Å². The van der Waals surface area contributed by atoms with Crippen LogP contribution in [0.1, 0.15) is 21.5 Å². The lowest BCUT2D eigenvalue weighted by molar-refractivity contribution is -0.117. The molecule has 1 heterocycles. The molecule has 0 bridgehead atoms. The minimum atomic E-state index is -0.379. The number of carbonyl (C=O) groups is 2. The summed E-state index contributed by atoms with van der Waals surface area (Å²) in [6.07, 6.45) is 5.00. The minimum absolute atomic E-state index is 0.167. The SMILES string of the molecule is O=C(NCc1cccnc1)C(=Cc1ccc(Br)cc1)NC(=O)c1ccccc1. The molecule has 2 amide bonds. The maximum absolute atomic E-state index is 12.7. The largest absolute Gasteiger partial charge is 0.347 e. The summed E-state index contributed by atoms with van der Waals surface area (Å²) in [7, 11) is 0. The third-order valence-corrected chi connectivity index (χ3v) is 4.41. The highest BCUT2D eigenvalue weighted by Crippen LogP contribution is 2.13. The van der Waals surface area contributed by atoms with E-state index in [-0.39, 0.29) is 17.5 Å². The van der Waals surface area contributed by atoms with Crippen molar-refractivity contribution < 1.29 is 9.59 Å². The molecule has 28 heavy (non-hydrogen) atoms. The van der Waals surface area contributed by atoms with E-state index in [9.17, 15) is 9.59 Å². The van der Waals surface area contributed by atoms with E-state index in [2.05, 4.69) is 31.5 Å². The van der Waals surface area contributed by atoms with Gasteiger partial charge in [-0.05, 0) is 47.5 Å². The number of benzene rings is 2. The van der Waals surface area contributed by atoms with Crippen LogP contribution >= 0.6 is 15.9 Å². The molecule has 0 unspecified atom stereocenters.